The van der Waals surface area contributed by atoms with Crippen LogP contribution in [0.5, 0.6) is 0 Å². The molecule has 2 N–H and O–H groups in total. The maximum atomic E-state index is 11.5. The van der Waals surface area contributed by atoms with Gasteiger partial charge in [-0.15, -0.1) is 0 Å². The zero-order chi connectivity index (χ0) is 12.7. The number of carbonyl (C=O) groups is 1. The molecule has 1 aliphatic rings. The van der Waals surface area contributed by atoms with E-state index in [0.29, 0.717) is 0 Å². The Morgan fingerprint density at radius 3 is 2.59 bits per heavy atom. The molecule has 1 amide bonds. The number of piperidine rings is 1. The van der Waals surface area contributed by atoms with Crippen LogP contribution in [0.25, 0.3) is 0 Å². The normalized spacial score (nSPS) is 18.1. The summed E-state index contributed by atoms with van der Waals surface area (Å²) in [6.07, 6.45) is 3.55. The van der Waals surface area contributed by atoms with E-state index < -0.39 is 0 Å². The van der Waals surface area contributed by atoms with Crippen LogP contribution in [0.15, 0.2) is 0 Å². The first-order chi connectivity index (χ1) is 7.97. The molecule has 4 heteroatoms. The minimum Gasteiger partial charge on any atom is -0.366 e. The molecule has 1 saturated heterocycles. The monoisotopic (exact) mass is 242 g/mol. The molecule has 4 nitrogen and oxygen atoms in total. The highest BCUT2D eigenvalue weighted by atomic mass is 16.5. The molecule has 0 unspecified atom stereocenters. The van der Waals surface area contributed by atoms with Crippen molar-refractivity contribution in [1.29, 1.82) is 0 Å². The Morgan fingerprint density at radius 1 is 1.35 bits per heavy atom. The summed E-state index contributed by atoms with van der Waals surface area (Å²) in [4.78, 5) is 11.5. The largest absolute Gasteiger partial charge is 0.366 e. The lowest BCUT2D eigenvalue weighted by Gasteiger charge is -2.23. The smallest absolute Gasteiger partial charge is 0.246 e. The van der Waals surface area contributed by atoms with Crippen molar-refractivity contribution >= 4 is 5.91 Å². The van der Waals surface area contributed by atoms with Crippen molar-refractivity contribution in [3.63, 3.8) is 0 Å². The van der Waals surface area contributed by atoms with Crippen LogP contribution in [-0.2, 0) is 9.53 Å². The number of carbonyl (C=O) groups excluding carboxylic acids is 1. The maximum absolute atomic E-state index is 11.5. The molecular weight excluding hydrogens is 216 g/mol. The van der Waals surface area contributed by atoms with Gasteiger partial charge in [0, 0.05) is 6.54 Å². The topological polar surface area (TPSA) is 50.4 Å². The van der Waals surface area contributed by atoms with Crippen LogP contribution in [0, 0.1) is 5.92 Å². The van der Waals surface area contributed by atoms with Crippen molar-refractivity contribution in [1.82, 2.24) is 10.6 Å². The molecule has 0 aromatic heterocycles. The van der Waals surface area contributed by atoms with Crippen LogP contribution in [0.4, 0.5) is 0 Å². The highest BCUT2D eigenvalue weighted by Gasteiger charge is 2.14. The van der Waals surface area contributed by atoms with Gasteiger partial charge in [-0.3, -0.25) is 4.79 Å². The first-order valence-electron chi connectivity index (χ1n) is 6.59. The Morgan fingerprint density at radius 2 is 2.00 bits per heavy atom. The average molecular weight is 242 g/mol. The Balaban J connectivity index is 2.03. The summed E-state index contributed by atoms with van der Waals surface area (Å²) in [5, 5.41) is 6.26. The Labute approximate surface area is 104 Å². The molecule has 0 aromatic carbocycles. The van der Waals surface area contributed by atoms with Gasteiger partial charge in [-0.25, -0.2) is 0 Å². The Bertz CT molecular complexity index is 230. The lowest BCUT2D eigenvalue weighted by Crippen LogP contribution is -2.34. The molecule has 0 radical (unpaired) electrons. The molecule has 0 bridgehead atoms. The molecular formula is C13H26N2O2. The molecule has 1 fully saturated rings. The van der Waals surface area contributed by atoms with Gasteiger partial charge in [0.2, 0.25) is 5.91 Å². The first-order valence-corrected chi connectivity index (χ1v) is 6.59. The van der Waals surface area contributed by atoms with E-state index in [9.17, 15) is 4.79 Å². The van der Waals surface area contributed by atoms with Gasteiger partial charge in [0.05, 0.1) is 5.60 Å². The summed E-state index contributed by atoms with van der Waals surface area (Å²) in [6.45, 7) is 9.03. The van der Waals surface area contributed by atoms with E-state index in [1.807, 2.05) is 20.8 Å². The van der Waals surface area contributed by atoms with Crippen LogP contribution in [0.2, 0.25) is 0 Å². The van der Waals surface area contributed by atoms with Gasteiger partial charge in [0.25, 0.3) is 0 Å². The maximum Gasteiger partial charge on any atom is 0.246 e. The lowest BCUT2D eigenvalue weighted by atomic mass is 9.95. The summed E-state index contributed by atoms with van der Waals surface area (Å²) in [6, 6.07) is 0. The van der Waals surface area contributed by atoms with Crippen LogP contribution in [0.3, 0.4) is 0 Å². The van der Waals surface area contributed by atoms with Gasteiger partial charge < -0.3 is 15.4 Å². The highest BCUT2D eigenvalue weighted by Crippen LogP contribution is 2.14. The third kappa shape index (κ3) is 7.34. The highest BCUT2D eigenvalue weighted by molar-refractivity contribution is 5.77. The van der Waals surface area contributed by atoms with Gasteiger partial charge >= 0.3 is 0 Å². The molecule has 1 rings (SSSR count). The third-order valence-electron chi connectivity index (χ3n) is 2.97. The molecule has 0 spiro atoms. The van der Waals surface area contributed by atoms with Crippen molar-refractivity contribution in [2.45, 2.75) is 45.6 Å². The molecule has 0 atom stereocenters. The van der Waals surface area contributed by atoms with Crippen molar-refractivity contribution in [3.8, 4) is 0 Å². The number of nitrogens with one attached hydrogen (secondary N) is 2. The summed E-state index contributed by atoms with van der Waals surface area (Å²) in [5.74, 6) is 0.758. The van der Waals surface area contributed by atoms with E-state index in [1.54, 1.807) is 0 Å². The molecule has 17 heavy (non-hydrogen) atoms. The van der Waals surface area contributed by atoms with Crippen molar-refractivity contribution < 1.29 is 9.53 Å². The standard InChI is InChI=1S/C13H26N2O2/c1-13(2,3)17-10-12(16)15-9-6-11-4-7-14-8-5-11/h11,14H,4-10H2,1-3H3,(H,15,16). The lowest BCUT2D eigenvalue weighted by molar-refractivity contribution is -0.130. The summed E-state index contributed by atoms with van der Waals surface area (Å²) < 4.78 is 5.41. The number of rotatable bonds is 5. The molecule has 0 aromatic rings. The van der Waals surface area contributed by atoms with Gasteiger partial charge in [-0.05, 0) is 59.0 Å². The van der Waals surface area contributed by atoms with Crippen LogP contribution >= 0.6 is 0 Å². The molecule has 0 saturated carbocycles. The van der Waals surface area contributed by atoms with Crippen molar-refractivity contribution in [2.24, 2.45) is 5.92 Å². The quantitative estimate of drug-likeness (QED) is 0.764. The van der Waals surface area contributed by atoms with Crippen molar-refractivity contribution in [3.05, 3.63) is 0 Å². The summed E-state index contributed by atoms with van der Waals surface area (Å²) in [5.41, 5.74) is -0.244. The number of hydrogen-bond acceptors (Lipinski definition) is 3. The molecule has 0 aliphatic carbocycles. The van der Waals surface area contributed by atoms with E-state index >= 15 is 0 Å². The van der Waals surface area contributed by atoms with E-state index in [4.69, 9.17) is 4.74 Å². The SMILES string of the molecule is CC(C)(C)OCC(=O)NCCC1CCNCC1. The fraction of sp³-hybridized carbons (Fsp3) is 0.923. The number of amides is 1. The zero-order valence-electron chi connectivity index (χ0n) is 11.3. The minimum atomic E-state index is -0.244. The van der Waals surface area contributed by atoms with E-state index in [2.05, 4.69) is 10.6 Å². The minimum absolute atomic E-state index is 0.00569. The van der Waals surface area contributed by atoms with Gasteiger partial charge in [0.15, 0.2) is 0 Å². The summed E-state index contributed by atoms with van der Waals surface area (Å²) in [7, 11) is 0. The third-order valence-corrected chi connectivity index (χ3v) is 2.97. The summed E-state index contributed by atoms with van der Waals surface area (Å²) >= 11 is 0. The molecule has 100 valence electrons. The number of hydrogen-bond donors (Lipinski definition) is 2. The van der Waals surface area contributed by atoms with Gasteiger partial charge in [-0.2, -0.15) is 0 Å². The fourth-order valence-electron chi connectivity index (χ4n) is 1.92. The van der Waals surface area contributed by atoms with Crippen LogP contribution in [0.1, 0.15) is 40.0 Å². The molecule has 1 aliphatic heterocycles. The second kappa shape index (κ2) is 6.97. The fourth-order valence-corrected chi connectivity index (χ4v) is 1.92. The Kier molecular flexibility index (Phi) is 5.92. The van der Waals surface area contributed by atoms with Gasteiger partial charge in [0.1, 0.15) is 6.61 Å². The van der Waals surface area contributed by atoms with E-state index in [-0.39, 0.29) is 18.1 Å². The first kappa shape index (κ1) is 14.5. The Hall–Kier alpha value is -0.610. The van der Waals surface area contributed by atoms with Crippen LogP contribution < -0.4 is 10.6 Å². The zero-order valence-corrected chi connectivity index (χ0v) is 11.3. The van der Waals surface area contributed by atoms with E-state index in [1.165, 1.54) is 12.8 Å². The molecule has 1 heterocycles. The second-order valence-electron chi connectivity index (χ2n) is 5.73. The number of ether oxygens (including phenoxy) is 1. The average Bonchev–Trinajstić information content (AvgIpc) is 2.27. The predicted molar refractivity (Wildman–Crippen MR) is 68.9 cm³/mol. The predicted octanol–water partition coefficient (Wildman–Crippen LogP) is 1.31. The van der Waals surface area contributed by atoms with Crippen molar-refractivity contribution in [2.75, 3.05) is 26.2 Å². The second-order valence-corrected chi connectivity index (χ2v) is 5.73. The van der Waals surface area contributed by atoms with Gasteiger partial charge in [-0.1, -0.05) is 0 Å². The van der Waals surface area contributed by atoms with Crippen LogP contribution in [-0.4, -0.2) is 37.7 Å². The van der Waals surface area contributed by atoms with E-state index in [0.717, 1.165) is 32.0 Å².